The molecule has 1 heterocycles. The largest absolute Gasteiger partial charge is 0.491 e. The molecule has 25 heavy (non-hydrogen) atoms. The summed E-state index contributed by atoms with van der Waals surface area (Å²) in [6.07, 6.45) is 0.136. The number of ether oxygens (including phenoxy) is 1. The van der Waals surface area contributed by atoms with Crippen LogP contribution in [-0.2, 0) is 0 Å². The molecule has 0 aliphatic rings. The highest BCUT2D eigenvalue weighted by molar-refractivity contribution is 7.14. The van der Waals surface area contributed by atoms with Crippen molar-refractivity contribution >= 4 is 34.0 Å². The van der Waals surface area contributed by atoms with Gasteiger partial charge in [0.1, 0.15) is 5.75 Å². The fraction of sp³-hybridized carbons (Fsp3) is 0.158. The first-order valence-corrected chi connectivity index (χ1v) is 9.07. The minimum absolute atomic E-state index is 0.136. The Morgan fingerprint density at radius 3 is 2.56 bits per heavy atom. The van der Waals surface area contributed by atoms with E-state index in [1.165, 1.54) is 11.3 Å². The Morgan fingerprint density at radius 2 is 1.88 bits per heavy atom. The lowest BCUT2D eigenvalue weighted by Gasteiger charge is -2.09. The predicted octanol–water partition coefficient (Wildman–Crippen LogP) is 5.50. The van der Waals surface area contributed by atoms with Crippen LogP contribution in [0, 0.1) is 0 Å². The van der Waals surface area contributed by atoms with Crippen LogP contribution in [0.25, 0.3) is 11.3 Å². The number of hydrogen-bond donors (Lipinski definition) is 1. The molecule has 0 radical (unpaired) electrons. The van der Waals surface area contributed by atoms with E-state index < -0.39 is 0 Å². The maximum Gasteiger partial charge on any atom is 0.258 e. The Bertz CT molecular complexity index is 875. The Hall–Kier alpha value is -2.37. The first-order valence-electron chi connectivity index (χ1n) is 7.81. The van der Waals surface area contributed by atoms with Gasteiger partial charge in [0.2, 0.25) is 0 Å². The quantitative estimate of drug-likeness (QED) is 0.643. The third-order valence-electron chi connectivity index (χ3n) is 3.36. The van der Waals surface area contributed by atoms with E-state index in [4.69, 9.17) is 16.3 Å². The zero-order valence-electron chi connectivity index (χ0n) is 13.8. The molecule has 0 unspecified atom stereocenters. The molecule has 0 aliphatic carbocycles. The molecule has 0 saturated heterocycles. The number of nitrogens with one attached hydrogen (secondary N) is 1. The molecule has 0 spiro atoms. The molecule has 0 fully saturated rings. The second-order valence-corrected chi connectivity index (χ2v) is 6.93. The smallest absolute Gasteiger partial charge is 0.258 e. The third-order valence-corrected chi connectivity index (χ3v) is 4.45. The van der Waals surface area contributed by atoms with Gasteiger partial charge in [0, 0.05) is 10.9 Å². The van der Waals surface area contributed by atoms with E-state index >= 15 is 0 Å². The standard InChI is InChI=1S/C19H17ClN2O2S/c1-12(2)24-14-9-7-13(8-10-14)17-11-25-19(21-17)22-18(23)15-5-3-4-6-16(15)20/h3-12H,1-2H3,(H,21,22,23). The van der Waals surface area contributed by atoms with Gasteiger partial charge in [-0.3, -0.25) is 10.1 Å². The van der Waals surface area contributed by atoms with Gasteiger partial charge in [0.25, 0.3) is 5.91 Å². The molecule has 0 bridgehead atoms. The lowest BCUT2D eigenvalue weighted by Crippen LogP contribution is -2.12. The molecule has 3 aromatic rings. The van der Waals surface area contributed by atoms with Crippen molar-refractivity contribution in [1.82, 2.24) is 4.98 Å². The number of hydrogen-bond acceptors (Lipinski definition) is 4. The van der Waals surface area contributed by atoms with Gasteiger partial charge < -0.3 is 4.74 Å². The van der Waals surface area contributed by atoms with Gasteiger partial charge in [-0.15, -0.1) is 11.3 Å². The number of rotatable bonds is 5. The van der Waals surface area contributed by atoms with E-state index in [9.17, 15) is 4.79 Å². The molecule has 6 heteroatoms. The Balaban J connectivity index is 1.72. The highest BCUT2D eigenvalue weighted by Crippen LogP contribution is 2.27. The van der Waals surface area contributed by atoms with Crippen LogP contribution in [0.5, 0.6) is 5.75 Å². The Kier molecular flexibility index (Phi) is 5.36. The van der Waals surface area contributed by atoms with E-state index in [-0.39, 0.29) is 12.0 Å². The number of halogens is 1. The maximum atomic E-state index is 12.3. The van der Waals surface area contributed by atoms with Crippen LogP contribution in [0.1, 0.15) is 24.2 Å². The molecular formula is C19H17ClN2O2S. The molecule has 2 aromatic carbocycles. The molecule has 1 aromatic heterocycles. The van der Waals surface area contributed by atoms with Crippen molar-refractivity contribution < 1.29 is 9.53 Å². The number of anilines is 1. The van der Waals surface area contributed by atoms with Crippen LogP contribution in [-0.4, -0.2) is 17.0 Å². The summed E-state index contributed by atoms with van der Waals surface area (Å²) in [5.74, 6) is 0.549. The normalized spacial score (nSPS) is 10.7. The van der Waals surface area contributed by atoms with Crippen LogP contribution in [0.3, 0.4) is 0 Å². The van der Waals surface area contributed by atoms with Gasteiger partial charge in [-0.2, -0.15) is 0 Å². The van der Waals surface area contributed by atoms with Crippen LogP contribution >= 0.6 is 22.9 Å². The molecule has 3 rings (SSSR count). The zero-order valence-corrected chi connectivity index (χ0v) is 15.4. The fourth-order valence-corrected chi connectivity index (χ4v) is 3.19. The molecule has 128 valence electrons. The van der Waals surface area contributed by atoms with Crippen molar-refractivity contribution in [2.75, 3.05) is 5.32 Å². The zero-order chi connectivity index (χ0) is 17.8. The molecular weight excluding hydrogens is 356 g/mol. The number of amides is 1. The molecule has 0 atom stereocenters. The summed E-state index contributed by atoms with van der Waals surface area (Å²) >= 11 is 7.42. The molecule has 0 aliphatic heterocycles. The number of carbonyl (C=O) groups excluding carboxylic acids is 1. The van der Waals surface area contributed by atoms with E-state index in [2.05, 4.69) is 10.3 Å². The maximum absolute atomic E-state index is 12.3. The average molecular weight is 373 g/mol. The van der Waals surface area contributed by atoms with Gasteiger partial charge in [0.15, 0.2) is 5.13 Å². The van der Waals surface area contributed by atoms with Gasteiger partial charge in [-0.05, 0) is 50.2 Å². The van der Waals surface area contributed by atoms with Crippen molar-refractivity contribution in [3.8, 4) is 17.0 Å². The second kappa shape index (κ2) is 7.68. The lowest BCUT2D eigenvalue weighted by atomic mass is 10.2. The summed E-state index contributed by atoms with van der Waals surface area (Å²) in [4.78, 5) is 16.8. The third kappa shape index (κ3) is 4.38. The van der Waals surface area contributed by atoms with Gasteiger partial charge in [0.05, 0.1) is 22.4 Å². The first-order chi connectivity index (χ1) is 12.0. The summed E-state index contributed by atoms with van der Waals surface area (Å²) in [6, 6.07) is 14.7. The second-order valence-electron chi connectivity index (χ2n) is 5.66. The van der Waals surface area contributed by atoms with Crippen molar-refractivity contribution in [2.45, 2.75) is 20.0 Å². The number of aromatic nitrogens is 1. The van der Waals surface area contributed by atoms with Gasteiger partial charge >= 0.3 is 0 Å². The molecule has 0 saturated carbocycles. The van der Waals surface area contributed by atoms with E-state index in [1.54, 1.807) is 24.3 Å². The van der Waals surface area contributed by atoms with Crippen LogP contribution in [0.4, 0.5) is 5.13 Å². The van der Waals surface area contributed by atoms with Gasteiger partial charge in [-0.1, -0.05) is 23.7 Å². The van der Waals surface area contributed by atoms with Crippen LogP contribution in [0.15, 0.2) is 53.9 Å². The SMILES string of the molecule is CC(C)Oc1ccc(-c2csc(NC(=O)c3ccccc3Cl)n2)cc1. The van der Waals surface area contributed by atoms with E-state index in [1.807, 2.05) is 43.5 Å². The monoisotopic (exact) mass is 372 g/mol. The minimum atomic E-state index is -0.271. The molecule has 4 nitrogen and oxygen atoms in total. The highest BCUT2D eigenvalue weighted by atomic mass is 35.5. The van der Waals surface area contributed by atoms with Crippen molar-refractivity contribution in [3.63, 3.8) is 0 Å². The number of nitrogens with zero attached hydrogens (tertiary/aromatic N) is 1. The summed E-state index contributed by atoms with van der Waals surface area (Å²) in [7, 11) is 0. The summed E-state index contributed by atoms with van der Waals surface area (Å²) in [6.45, 7) is 3.98. The van der Waals surface area contributed by atoms with E-state index in [0.717, 1.165) is 17.0 Å². The molecule has 1 N–H and O–H groups in total. The Labute approximate surface area is 155 Å². The van der Waals surface area contributed by atoms with Crippen LogP contribution in [0.2, 0.25) is 5.02 Å². The summed E-state index contributed by atoms with van der Waals surface area (Å²) in [5, 5.41) is 5.63. The fourth-order valence-electron chi connectivity index (χ4n) is 2.25. The molecule has 1 amide bonds. The Morgan fingerprint density at radius 1 is 1.16 bits per heavy atom. The van der Waals surface area contributed by atoms with Gasteiger partial charge in [-0.25, -0.2) is 4.98 Å². The van der Waals surface area contributed by atoms with Crippen molar-refractivity contribution in [3.05, 3.63) is 64.5 Å². The summed E-state index contributed by atoms with van der Waals surface area (Å²) in [5.41, 5.74) is 2.19. The number of carbonyl (C=O) groups is 1. The highest BCUT2D eigenvalue weighted by Gasteiger charge is 2.12. The predicted molar refractivity (Wildman–Crippen MR) is 103 cm³/mol. The topological polar surface area (TPSA) is 51.2 Å². The van der Waals surface area contributed by atoms with Crippen molar-refractivity contribution in [1.29, 1.82) is 0 Å². The van der Waals surface area contributed by atoms with E-state index in [0.29, 0.717) is 15.7 Å². The lowest BCUT2D eigenvalue weighted by molar-refractivity contribution is 0.102. The number of thiazole rings is 1. The van der Waals surface area contributed by atoms with Crippen molar-refractivity contribution in [2.24, 2.45) is 0 Å². The average Bonchev–Trinajstić information content (AvgIpc) is 3.04. The number of benzene rings is 2. The minimum Gasteiger partial charge on any atom is -0.491 e. The summed E-state index contributed by atoms with van der Waals surface area (Å²) < 4.78 is 5.64. The first kappa shape index (κ1) is 17.5. The van der Waals surface area contributed by atoms with Crippen LogP contribution < -0.4 is 10.1 Å².